The van der Waals surface area contributed by atoms with Gasteiger partial charge in [0, 0.05) is 30.8 Å². The van der Waals surface area contributed by atoms with Crippen molar-refractivity contribution in [1.82, 2.24) is 4.90 Å². The molecule has 0 aliphatic carbocycles. The Kier molecular flexibility index (Phi) is 5.93. The van der Waals surface area contributed by atoms with Gasteiger partial charge in [0.05, 0.1) is 13.2 Å². The minimum atomic E-state index is -1.29. The van der Waals surface area contributed by atoms with Gasteiger partial charge in [-0.1, -0.05) is 30.3 Å². The molecule has 28 heavy (non-hydrogen) atoms. The van der Waals surface area contributed by atoms with E-state index in [0.29, 0.717) is 18.8 Å². The Hall–Kier alpha value is -3.35. The van der Waals surface area contributed by atoms with Crippen molar-refractivity contribution in [2.45, 2.75) is 18.9 Å². The fourth-order valence-electron chi connectivity index (χ4n) is 3.45. The Morgan fingerprint density at radius 3 is 2.25 bits per heavy atom. The van der Waals surface area contributed by atoms with E-state index in [1.165, 1.54) is 0 Å². The molecule has 1 aliphatic rings. The third-order valence-corrected chi connectivity index (χ3v) is 5.08. The van der Waals surface area contributed by atoms with Crippen LogP contribution in [0.4, 0.5) is 5.69 Å². The molecule has 0 spiro atoms. The number of carbonyl (C=O) groups excluding carboxylic acids is 1. The lowest BCUT2D eigenvalue weighted by Crippen LogP contribution is -2.49. The lowest BCUT2D eigenvalue weighted by Gasteiger charge is -2.32. The van der Waals surface area contributed by atoms with Crippen LogP contribution in [0.5, 0.6) is 0 Å². The molecule has 0 bridgehead atoms. The van der Waals surface area contributed by atoms with Gasteiger partial charge in [0.2, 0.25) is 0 Å². The summed E-state index contributed by atoms with van der Waals surface area (Å²) in [5.74, 6) is -0.256. The van der Waals surface area contributed by atoms with E-state index in [1.807, 2.05) is 54.9 Å². The monoisotopic (exact) mass is 374 g/mol. The normalized spacial score (nSPS) is 15.8. The molecule has 0 aromatic heterocycles. The lowest BCUT2D eigenvalue weighted by atomic mass is 9.84. The number of hydrogen-bond acceptors (Lipinski definition) is 6. The highest BCUT2D eigenvalue weighted by Crippen LogP contribution is 2.26. The Bertz CT molecular complexity index is 879. The van der Waals surface area contributed by atoms with Gasteiger partial charge in [0.25, 0.3) is 0 Å². The Balaban J connectivity index is 1.88. The smallest absolute Gasteiger partial charge is 0.194 e. The molecule has 0 radical (unpaired) electrons. The van der Waals surface area contributed by atoms with Crippen LogP contribution in [0.25, 0.3) is 0 Å². The van der Waals surface area contributed by atoms with Crippen LogP contribution in [0, 0.1) is 22.9 Å². The van der Waals surface area contributed by atoms with Crippen molar-refractivity contribution in [3.8, 4) is 12.4 Å². The lowest BCUT2D eigenvalue weighted by molar-refractivity contribution is 0.0794. The highest BCUT2D eigenvalue weighted by molar-refractivity contribution is 6.03. The number of nitriles is 2. The van der Waals surface area contributed by atoms with Crippen LogP contribution in [-0.2, 0) is 11.2 Å². The van der Waals surface area contributed by atoms with E-state index < -0.39 is 5.54 Å². The maximum Gasteiger partial charge on any atom is 0.194 e. The first-order valence-electron chi connectivity index (χ1n) is 9.19. The van der Waals surface area contributed by atoms with Crippen molar-refractivity contribution in [1.29, 1.82) is 10.5 Å². The number of benzene rings is 2. The number of anilines is 1. The Labute approximate surface area is 165 Å². The number of rotatable bonds is 6. The van der Waals surface area contributed by atoms with E-state index in [0.717, 1.165) is 29.2 Å². The van der Waals surface area contributed by atoms with Gasteiger partial charge in [0.15, 0.2) is 18.2 Å². The quantitative estimate of drug-likeness (QED) is 0.439. The second kappa shape index (κ2) is 8.56. The van der Waals surface area contributed by atoms with Crippen LogP contribution in [-0.4, -0.2) is 42.5 Å². The van der Waals surface area contributed by atoms with Crippen LogP contribution in [0.15, 0.2) is 54.6 Å². The Morgan fingerprint density at radius 2 is 1.68 bits per heavy atom. The summed E-state index contributed by atoms with van der Waals surface area (Å²) in [6, 6.07) is 16.8. The zero-order chi connectivity index (χ0) is 20.0. The van der Waals surface area contributed by atoms with Gasteiger partial charge in [-0.25, -0.2) is 4.90 Å². The predicted octanol–water partition coefficient (Wildman–Crippen LogP) is 2.97. The Morgan fingerprint density at radius 1 is 1.07 bits per heavy atom. The fraction of sp³-hybridized carbons (Fsp3) is 0.318. The summed E-state index contributed by atoms with van der Waals surface area (Å²) in [6.45, 7) is 4.65. The van der Waals surface area contributed by atoms with Crippen molar-refractivity contribution in [2.75, 3.05) is 31.2 Å². The highest BCUT2D eigenvalue weighted by atomic mass is 16.5. The van der Waals surface area contributed by atoms with Crippen LogP contribution in [0.1, 0.15) is 22.8 Å². The SMILES string of the molecule is CC(Cc1ccccc1)(C(=O)c1ccc(N2CCOCC2)cc1)N(C#N)C#N. The molecular weight excluding hydrogens is 352 g/mol. The summed E-state index contributed by atoms with van der Waals surface area (Å²) in [4.78, 5) is 16.4. The summed E-state index contributed by atoms with van der Waals surface area (Å²) in [7, 11) is 0. The van der Waals surface area contributed by atoms with Crippen LogP contribution < -0.4 is 4.90 Å². The van der Waals surface area contributed by atoms with Gasteiger partial charge in [-0.15, -0.1) is 0 Å². The number of ketones is 1. The molecule has 2 aromatic rings. The van der Waals surface area contributed by atoms with Gasteiger partial charge in [-0.05, 0) is 36.8 Å². The third-order valence-electron chi connectivity index (χ3n) is 5.08. The van der Waals surface area contributed by atoms with E-state index in [4.69, 9.17) is 4.74 Å². The van der Waals surface area contributed by atoms with E-state index in [1.54, 1.807) is 19.1 Å². The summed E-state index contributed by atoms with van der Waals surface area (Å²) < 4.78 is 5.37. The zero-order valence-electron chi connectivity index (χ0n) is 15.8. The minimum Gasteiger partial charge on any atom is -0.378 e. The number of Topliss-reactive ketones (excluding diaryl/α,β-unsaturated/α-hetero) is 1. The van der Waals surface area contributed by atoms with E-state index in [-0.39, 0.29) is 12.2 Å². The molecule has 1 unspecified atom stereocenters. The average molecular weight is 374 g/mol. The molecule has 0 N–H and O–H groups in total. The topological polar surface area (TPSA) is 80.4 Å². The van der Waals surface area contributed by atoms with Gasteiger partial charge in [-0.2, -0.15) is 10.5 Å². The molecule has 6 nitrogen and oxygen atoms in total. The predicted molar refractivity (Wildman–Crippen MR) is 105 cm³/mol. The average Bonchev–Trinajstić information content (AvgIpc) is 2.75. The molecule has 1 aliphatic heterocycles. The molecule has 1 atom stereocenters. The molecule has 1 fully saturated rings. The van der Waals surface area contributed by atoms with Crippen molar-refractivity contribution < 1.29 is 9.53 Å². The number of morpholine rings is 1. The number of ether oxygens (including phenoxy) is 1. The summed E-state index contributed by atoms with van der Waals surface area (Å²) in [6.07, 6.45) is 3.97. The molecule has 0 amide bonds. The fourth-order valence-corrected chi connectivity index (χ4v) is 3.45. The van der Waals surface area contributed by atoms with Gasteiger partial charge >= 0.3 is 0 Å². The maximum absolute atomic E-state index is 13.3. The summed E-state index contributed by atoms with van der Waals surface area (Å²) >= 11 is 0. The minimum absolute atomic E-state index is 0.256. The van der Waals surface area contributed by atoms with Crippen molar-refractivity contribution in [2.24, 2.45) is 0 Å². The molecule has 1 saturated heterocycles. The number of carbonyl (C=O) groups is 1. The number of hydrogen-bond donors (Lipinski definition) is 0. The maximum atomic E-state index is 13.3. The standard InChI is InChI=1S/C22H22N4O2/c1-22(26(16-23)17-24,15-18-5-3-2-4-6-18)21(27)19-7-9-20(10-8-19)25-11-13-28-14-12-25/h2-10H,11-15H2,1H3. The first-order valence-corrected chi connectivity index (χ1v) is 9.19. The van der Waals surface area contributed by atoms with Gasteiger partial charge in [0.1, 0.15) is 5.54 Å². The summed E-state index contributed by atoms with van der Waals surface area (Å²) in [5.41, 5.74) is 1.11. The number of nitrogens with zero attached hydrogens (tertiary/aromatic N) is 4. The van der Waals surface area contributed by atoms with Crippen molar-refractivity contribution >= 4 is 11.5 Å². The molecule has 142 valence electrons. The van der Waals surface area contributed by atoms with Crippen molar-refractivity contribution in [3.63, 3.8) is 0 Å². The molecule has 6 heteroatoms. The molecule has 0 saturated carbocycles. The van der Waals surface area contributed by atoms with Crippen LogP contribution in [0.2, 0.25) is 0 Å². The van der Waals surface area contributed by atoms with Crippen LogP contribution in [0.3, 0.4) is 0 Å². The molecular formula is C22H22N4O2. The third kappa shape index (κ3) is 3.98. The molecule has 3 rings (SSSR count). The van der Waals surface area contributed by atoms with Crippen LogP contribution >= 0.6 is 0 Å². The highest BCUT2D eigenvalue weighted by Gasteiger charge is 2.40. The van der Waals surface area contributed by atoms with Crippen molar-refractivity contribution in [3.05, 3.63) is 65.7 Å². The largest absolute Gasteiger partial charge is 0.378 e. The van der Waals surface area contributed by atoms with E-state index in [2.05, 4.69) is 4.90 Å². The first kappa shape index (κ1) is 19.4. The zero-order valence-corrected chi connectivity index (χ0v) is 15.8. The molecule has 2 aromatic carbocycles. The van der Waals surface area contributed by atoms with E-state index in [9.17, 15) is 15.3 Å². The molecule has 1 heterocycles. The van der Waals surface area contributed by atoms with Gasteiger partial charge in [-0.3, -0.25) is 4.79 Å². The second-order valence-electron chi connectivity index (χ2n) is 6.95. The summed E-state index contributed by atoms with van der Waals surface area (Å²) in [5, 5.41) is 18.9. The first-order chi connectivity index (χ1) is 13.6. The van der Waals surface area contributed by atoms with E-state index >= 15 is 0 Å². The van der Waals surface area contributed by atoms with Gasteiger partial charge < -0.3 is 9.64 Å². The second-order valence-corrected chi connectivity index (χ2v) is 6.95.